The average molecular weight is 648 g/mol. The van der Waals surface area contributed by atoms with Crippen LogP contribution < -0.4 is 5.32 Å². The van der Waals surface area contributed by atoms with Gasteiger partial charge in [0.25, 0.3) is 5.91 Å². The van der Waals surface area contributed by atoms with Crippen LogP contribution in [0.25, 0.3) is 10.1 Å². The highest BCUT2D eigenvalue weighted by Crippen LogP contribution is 2.59. The maximum absolute atomic E-state index is 14.3. The highest BCUT2D eigenvalue weighted by molar-refractivity contribution is 7.52. The van der Waals surface area contributed by atoms with Crippen LogP contribution in [-0.2, 0) is 24.6 Å². The molecule has 3 aliphatic rings. The second kappa shape index (κ2) is 11.9. The summed E-state index contributed by atoms with van der Waals surface area (Å²) in [7, 11) is -5.75. The van der Waals surface area contributed by atoms with Crippen LogP contribution in [0, 0.1) is 5.92 Å². The van der Waals surface area contributed by atoms with Gasteiger partial charge in [-0.15, -0.1) is 11.3 Å². The van der Waals surface area contributed by atoms with Gasteiger partial charge in [0, 0.05) is 23.4 Å². The summed E-state index contributed by atoms with van der Waals surface area (Å²) >= 11 is 1.02. The minimum atomic E-state index is -5.75. The molecule has 10 nitrogen and oxygen atoms in total. The van der Waals surface area contributed by atoms with Crippen molar-refractivity contribution in [3.63, 3.8) is 0 Å². The van der Waals surface area contributed by atoms with E-state index in [4.69, 9.17) is 14.5 Å². The molecule has 0 bridgehead atoms. The predicted molar refractivity (Wildman–Crippen MR) is 158 cm³/mol. The molecule has 3 amide bonds. The van der Waals surface area contributed by atoms with Crippen LogP contribution in [0.2, 0.25) is 0 Å². The van der Waals surface area contributed by atoms with Gasteiger partial charge in [-0.2, -0.15) is 8.78 Å². The first kappa shape index (κ1) is 30.8. The molecule has 1 unspecified atom stereocenters. The lowest BCUT2D eigenvalue weighted by molar-refractivity contribution is -0.149. The molecule has 2 saturated heterocycles. The SMILES string of the molecule is O=C(NC(C(=O)N1CCC[C@H]1C(=O)N1CCO[C@@H](c2ccccc2)C1)C1CC1)c1cc2cc(C(F)(F)P(=O)(O)O)ccc2s1. The van der Waals surface area contributed by atoms with Crippen LogP contribution in [0.3, 0.4) is 0 Å². The number of ether oxygens (including phenoxy) is 1. The Bertz CT molecular complexity index is 1630. The number of morpholine rings is 1. The molecule has 1 aromatic heterocycles. The predicted octanol–water partition coefficient (Wildman–Crippen LogP) is 4.23. The van der Waals surface area contributed by atoms with Gasteiger partial charge in [0.1, 0.15) is 18.2 Å². The van der Waals surface area contributed by atoms with Crippen molar-refractivity contribution in [2.24, 2.45) is 5.92 Å². The number of thiophene rings is 1. The molecule has 234 valence electrons. The third kappa shape index (κ3) is 6.03. The van der Waals surface area contributed by atoms with Gasteiger partial charge < -0.3 is 29.6 Å². The van der Waals surface area contributed by atoms with Crippen LogP contribution in [-0.4, -0.2) is 75.6 Å². The van der Waals surface area contributed by atoms with Gasteiger partial charge in [-0.25, -0.2) is 0 Å². The molecule has 3 N–H and O–H groups in total. The summed E-state index contributed by atoms with van der Waals surface area (Å²) in [5, 5.41) is 3.06. The summed E-state index contributed by atoms with van der Waals surface area (Å²) in [6.07, 6.45) is 2.44. The third-order valence-electron chi connectivity index (χ3n) is 8.47. The van der Waals surface area contributed by atoms with E-state index in [1.165, 1.54) is 12.1 Å². The topological polar surface area (TPSA) is 136 Å². The molecule has 3 heterocycles. The molecule has 3 atom stereocenters. The van der Waals surface area contributed by atoms with E-state index in [1.807, 2.05) is 30.3 Å². The number of halogens is 2. The molecule has 2 aliphatic heterocycles. The molecule has 2 aromatic carbocycles. The Balaban J connectivity index is 1.16. The zero-order chi connectivity index (χ0) is 31.2. The summed E-state index contributed by atoms with van der Waals surface area (Å²) in [5.74, 6) is -1.07. The summed E-state index contributed by atoms with van der Waals surface area (Å²) in [4.78, 5) is 62.5. The van der Waals surface area contributed by atoms with Crippen LogP contribution in [0.4, 0.5) is 8.78 Å². The van der Waals surface area contributed by atoms with Crippen molar-refractivity contribution in [3.8, 4) is 0 Å². The Morgan fingerprint density at radius 2 is 1.80 bits per heavy atom. The monoisotopic (exact) mass is 647 g/mol. The van der Waals surface area contributed by atoms with Crippen molar-refractivity contribution in [1.82, 2.24) is 15.1 Å². The van der Waals surface area contributed by atoms with Crippen LogP contribution in [0.15, 0.2) is 54.6 Å². The van der Waals surface area contributed by atoms with Gasteiger partial charge in [0.2, 0.25) is 11.8 Å². The maximum Gasteiger partial charge on any atom is 0.399 e. The van der Waals surface area contributed by atoms with Gasteiger partial charge in [-0.05, 0) is 60.7 Å². The number of amides is 3. The number of hydrogen-bond donors (Lipinski definition) is 3. The van der Waals surface area contributed by atoms with E-state index in [0.29, 0.717) is 43.8 Å². The Morgan fingerprint density at radius 3 is 2.50 bits per heavy atom. The van der Waals surface area contributed by atoms with Crippen molar-refractivity contribution in [2.45, 2.75) is 49.5 Å². The van der Waals surface area contributed by atoms with Crippen molar-refractivity contribution >= 4 is 46.7 Å². The second-order valence-corrected chi connectivity index (χ2v) is 14.2. The Labute approximate surface area is 256 Å². The Morgan fingerprint density at radius 1 is 1.05 bits per heavy atom. The van der Waals surface area contributed by atoms with E-state index in [9.17, 15) is 27.7 Å². The van der Waals surface area contributed by atoms with E-state index in [2.05, 4.69) is 5.32 Å². The summed E-state index contributed by atoms with van der Waals surface area (Å²) < 4.78 is 46.2. The minimum Gasteiger partial charge on any atom is -0.370 e. The molecule has 6 rings (SSSR count). The number of likely N-dealkylation sites (tertiary alicyclic amines) is 1. The molecule has 1 saturated carbocycles. The van der Waals surface area contributed by atoms with E-state index in [1.54, 1.807) is 9.80 Å². The Kier molecular flexibility index (Phi) is 8.36. The van der Waals surface area contributed by atoms with Crippen molar-refractivity contribution < 1.29 is 42.3 Å². The van der Waals surface area contributed by atoms with Crippen LogP contribution >= 0.6 is 18.9 Å². The number of nitrogens with one attached hydrogen (secondary N) is 1. The molecular formula is C30H32F2N3O7PS. The fourth-order valence-electron chi connectivity index (χ4n) is 5.93. The fourth-order valence-corrected chi connectivity index (χ4v) is 7.35. The molecule has 14 heteroatoms. The van der Waals surface area contributed by atoms with Crippen molar-refractivity contribution in [2.75, 3.05) is 26.2 Å². The lowest BCUT2D eigenvalue weighted by atomic mass is 10.1. The quantitative estimate of drug-likeness (QED) is 0.312. The molecule has 1 aliphatic carbocycles. The zero-order valence-electron chi connectivity index (χ0n) is 23.6. The number of carbonyl (C=O) groups excluding carboxylic acids is 3. The number of benzene rings is 2. The first-order chi connectivity index (χ1) is 20.9. The molecule has 0 spiro atoms. The number of rotatable bonds is 8. The summed E-state index contributed by atoms with van der Waals surface area (Å²) in [5.41, 5.74) is -4.24. The molecule has 3 aromatic rings. The second-order valence-electron chi connectivity index (χ2n) is 11.5. The van der Waals surface area contributed by atoms with Crippen molar-refractivity contribution in [1.29, 1.82) is 0 Å². The smallest absolute Gasteiger partial charge is 0.370 e. The minimum absolute atomic E-state index is 0.0726. The molecule has 44 heavy (non-hydrogen) atoms. The number of hydrogen-bond acceptors (Lipinski definition) is 6. The summed E-state index contributed by atoms with van der Waals surface area (Å²) in [6.45, 7) is 1.61. The molecular weight excluding hydrogens is 615 g/mol. The van der Waals surface area contributed by atoms with E-state index < -0.39 is 36.8 Å². The lowest BCUT2D eigenvalue weighted by Gasteiger charge is -2.37. The standard InChI is InChI=1S/C30H32F2N3O7PS/c31-30(32,43(39,40)41)21-10-11-24-20(15-21)16-25(44-24)27(36)33-26(19-8-9-19)29(38)35-12-4-7-22(35)28(37)34-13-14-42-23(17-34)18-5-2-1-3-6-18/h1-3,5-6,10-11,15-16,19,22-23,26H,4,7-9,12-14,17H2,(H,33,36)(H2,39,40,41)/t22-,23+,26?/m0/s1. The van der Waals surface area contributed by atoms with Gasteiger partial charge in [-0.3, -0.25) is 18.9 Å². The third-order valence-corrected chi connectivity index (χ3v) is 10.6. The average Bonchev–Trinajstić information content (AvgIpc) is 3.56. The van der Waals surface area contributed by atoms with E-state index in [-0.39, 0.29) is 34.1 Å². The number of carbonyl (C=O) groups is 3. The summed E-state index contributed by atoms with van der Waals surface area (Å²) in [6, 6.07) is 12.7. The Hall–Kier alpha value is -3.22. The van der Waals surface area contributed by atoms with Crippen molar-refractivity contribution in [3.05, 3.63) is 70.6 Å². The van der Waals surface area contributed by atoms with E-state index >= 15 is 0 Å². The molecule has 0 radical (unpaired) electrons. The number of alkyl halides is 2. The normalized spacial score (nSPS) is 21.8. The maximum atomic E-state index is 14.3. The van der Waals surface area contributed by atoms with Gasteiger partial charge >= 0.3 is 13.3 Å². The molecule has 3 fully saturated rings. The lowest BCUT2D eigenvalue weighted by Crippen LogP contribution is -2.56. The first-order valence-electron chi connectivity index (χ1n) is 14.5. The fraction of sp³-hybridized carbons (Fsp3) is 0.433. The zero-order valence-corrected chi connectivity index (χ0v) is 25.3. The van der Waals surface area contributed by atoms with Crippen LogP contribution in [0.5, 0.6) is 0 Å². The highest BCUT2D eigenvalue weighted by atomic mass is 32.1. The first-order valence-corrected chi connectivity index (χ1v) is 16.9. The van der Waals surface area contributed by atoms with Crippen LogP contribution in [0.1, 0.15) is 52.6 Å². The largest absolute Gasteiger partial charge is 0.399 e. The van der Waals surface area contributed by atoms with Gasteiger partial charge in [-0.1, -0.05) is 36.4 Å². The number of nitrogens with zero attached hydrogens (tertiary/aromatic N) is 2. The highest BCUT2D eigenvalue weighted by Gasteiger charge is 2.50. The van der Waals surface area contributed by atoms with Gasteiger partial charge in [0.05, 0.1) is 18.0 Å². The van der Waals surface area contributed by atoms with Gasteiger partial charge in [0.15, 0.2) is 0 Å². The van der Waals surface area contributed by atoms with E-state index in [0.717, 1.165) is 41.9 Å². The number of fused-ring (bicyclic) bond motifs is 1.